The van der Waals surface area contributed by atoms with E-state index in [0.29, 0.717) is 11.0 Å². The van der Waals surface area contributed by atoms with Crippen molar-refractivity contribution in [1.29, 1.82) is 0 Å². The highest BCUT2D eigenvalue weighted by Crippen LogP contribution is 2.31. The van der Waals surface area contributed by atoms with E-state index in [9.17, 15) is 14.0 Å². The van der Waals surface area contributed by atoms with Gasteiger partial charge < -0.3 is 15.1 Å². The lowest BCUT2D eigenvalue weighted by Gasteiger charge is -2.43. The monoisotopic (exact) mass is 501 g/mol. The highest BCUT2D eigenvalue weighted by Gasteiger charge is 2.36. The number of benzene rings is 1. The van der Waals surface area contributed by atoms with Crippen LogP contribution in [0, 0.1) is 17.7 Å². The van der Waals surface area contributed by atoms with E-state index < -0.39 is 0 Å². The first-order valence-electron chi connectivity index (χ1n) is 12.5. The Morgan fingerprint density at radius 3 is 2.74 bits per heavy atom. The van der Waals surface area contributed by atoms with Crippen molar-refractivity contribution in [1.82, 2.24) is 20.1 Å². The largest absolute Gasteiger partial charge is 0.343 e. The number of nitrogens with one attached hydrogen (secondary N) is 2. The van der Waals surface area contributed by atoms with E-state index in [2.05, 4.69) is 20.5 Å². The van der Waals surface area contributed by atoms with Crippen molar-refractivity contribution in [2.75, 3.05) is 32.0 Å². The van der Waals surface area contributed by atoms with Crippen LogP contribution in [-0.4, -0.2) is 65.5 Å². The minimum Gasteiger partial charge on any atom is -0.343 e. The van der Waals surface area contributed by atoms with Crippen molar-refractivity contribution >= 4 is 28.4 Å². The molecule has 1 aliphatic carbocycles. The summed E-state index contributed by atoms with van der Waals surface area (Å²) in [5.74, 6) is 0.674. The summed E-state index contributed by atoms with van der Waals surface area (Å²) in [5, 5.41) is 8.45. The van der Waals surface area contributed by atoms with Crippen molar-refractivity contribution in [2.24, 2.45) is 11.8 Å². The molecule has 0 radical (unpaired) electrons. The molecule has 9 heteroatoms. The average Bonchev–Trinajstić information content (AvgIpc) is 3.34. The highest BCUT2D eigenvalue weighted by atomic mass is 32.1. The molecule has 2 heterocycles. The third-order valence-electron chi connectivity index (χ3n) is 7.50. The summed E-state index contributed by atoms with van der Waals surface area (Å²) in [7, 11) is 1.88. The molecule has 190 valence electrons. The molecule has 1 saturated carbocycles. The normalized spacial score (nSPS) is 25.1. The number of halogens is 1. The van der Waals surface area contributed by atoms with Gasteiger partial charge >= 0.3 is 6.03 Å². The summed E-state index contributed by atoms with van der Waals surface area (Å²) in [6.45, 7) is 4.55. The molecule has 7 nitrogen and oxygen atoms in total. The molecular weight excluding hydrogens is 465 g/mol. The minimum atomic E-state index is -0.221. The van der Waals surface area contributed by atoms with E-state index in [4.69, 9.17) is 0 Å². The van der Waals surface area contributed by atoms with Crippen molar-refractivity contribution in [3.63, 3.8) is 0 Å². The summed E-state index contributed by atoms with van der Waals surface area (Å²) >= 11 is 1.40. The Bertz CT molecular complexity index is 971. The molecule has 1 aliphatic heterocycles. The number of piperidine rings is 1. The number of thiazole rings is 1. The molecule has 0 bridgehead atoms. The quantitative estimate of drug-likeness (QED) is 0.591. The van der Waals surface area contributed by atoms with Crippen LogP contribution < -0.4 is 10.6 Å². The van der Waals surface area contributed by atoms with Crippen LogP contribution in [0.15, 0.2) is 35.8 Å². The molecule has 2 aromatic rings. The average molecular weight is 502 g/mol. The zero-order valence-corrected chi connectivity index (χ0v) is 21.4. The first-order valence-corrected chi connectivity index (χ1v) is 13.4. The molecule has 2 fully saturated rings. The molecule has 4 rings (SSSR count). The Kier molecular flexibility index (Phi) is 8.73. The van der Waals surface area contributed by atoms with Gasteiger partial charge in [0, 0.05) is 50.7 Å². The fourth-order valence-electron chi connectivity index (χ4n) is 5.60. The lowest BCUT2D eigenvalue weighted by Crippen LogP contribution is -2.53. The number of anilines is 1. The topological polar surface area (TPSA) is 77.6 Å². The number of amides is 3. The number of likely N-dealkylation sites (tertiary alicyclic amines) is 1. The molecule has 1 aromatic carbocycles. The molecule has 35 heavy (non-hydrogen) atoms. The van der Waals surface area contributed by atoms with Crippen LogP contribution in [0.25, 0.3) is 0 Å². The van der Waals surface area contributed by atoms with E-state index in [1.807, 2.05) is 29.5 Å². The summed E-state index contributed by atoms with van der Waals surface area (Å²) < 4.78 is 13.3. The number of aromatic nitrogens is 1. The number of hydrogen-bond acceptors (Lipinski definition) is 5. The molecule has 2 aliphatic rings. The number of carbonyl (C=O) groups excluding carboxylic acids is 2. The zero-order valence-electron chi connectivity index (χ0n) is 20.6. The number of carbonyl (C=O) groups is 2. The Balaban J connectivity index is 1.39. The van der Waals surface area contributed by atoms with Gasteiger partial charge in [-0.1, -0.05) is 12.1 Å². The lowest BCUT2D eigenvalue weighted by molar-refractivity contribution is -0.130. The lowest BCUT2D eigenvalue weighted by atomic mass is 9.80. The van der Waals surface area contributed by atoms with Crippen LogP contribution in [0.2, 0.25) is 0 Å². The maximum absolute atomic E-state index is 13.3. The van der Waals surface area contributed by atoms with Gasteiger partial charge in [-0.3, -0.25) is 10.1 Å². The van der Waals surface area contributed by atoms with E-state index in [1.54, 1.807) is 13.1 Å². The van der Waals surface area contributed by atoms with Gasteiger partial charge in [-0.15, -0.1) is 11.3 Å². The van der Waals surface area contributed by atoms with Crippen molar-refractivity contribution in [2.45, 2.75) is 57.5 Å². The Hall–Kier alpha value is -2.52. The molecule has 0 spiro atoms. The first-order chi connectivity index (χ1) is 16.9. The summed E-state index contributed by atoms with van der Waals surface area (Å²) in [4.78, 5) is 33.2. The standard InChI is InChI=1S/C26H36FN5O2S/c1-18(33)31(2)23-9-10-24(29-25(34)30-26-28-11-13-35-26)21(15-23)17-32-12-3-4-20(16-32)14-19-5-7-22(27)8-6-19/h5-8,11,13,20-21,23-24H,3-4,9-10,12,14-17H2,1-2H3,(H2,28,29,30,34)/t20-,21-,23+,24?/m0/s1. The number of hydrogen-bond donors (Lipinski definition) is 2. The smallest absolute Gasteiger partial charge is 0.321 e. The SMILES string of the molecule is CC(=O)N(C)[C@@H]1CCC(NC(=O)Nc2nccs2)[C@H](CN2CCC[C@@H](Cc3ccc(F)cc3)C2)C1. The van der Waals surface area contributed by atoms with Gasteiger partial charge in [0.25, 0.3) is 0 Å². The van der Waals surface area contributed by atoms with Crippen LogP contribution in [-0.2, 0) is 11.2 Å². The van der Waals surface area contributed by atoms with Gasteiger partial charge in [-0.05, 0) is 74.6 Å². The molecule has 1 aromatic heterocycles. The Labute approximate surface area is 211 Å². The fourth-order valence-corrected chi connectivity index (χ4v) is 6.12. The van der Waals surface area contributed by atoms with E-state index in [0.717, 1.165) is 51.7 Å². The Morgan fingerprint density at radius 1 is 1.23 bits per heavy atom. The van der Waals surface area contributed by atoms with E-state index in [1.165, 1.54) is 35.5 Å². The zero-order chi connectivity index (χ0) is 24.8. The maximum atomic E-state index is 13.3. The van der Waals surface area contributed by atoms with Crippen LogP contribution in [0.4, 0.5) is 14.3 Å². The Morgan fingerprint density at radius 2 is 2.03 bits per heavy atom. The predicted molar refractivity (Wildman–Crippen MR) is 137 cm³/mol. The summed E-state index contributed by atoms with van der Waals surface area (Å²) in [6.07, 6.45) is 7.52. The van der Waals surface area contributed by atoms with Gasteiger partial charge in [-0.2, -0.15) is 0 Å². The predicted octanol–water partition coefficient (Wildman–Crippen LogP) is 4.37. The molecule has 3 amide bonds. The van der Waals surface area contributed by atoms with Gasteiger partial charge in [-0.25, -0.2) is 14.2 Å². The third-order valence-corrected chi connectivity index (χ3v) is 8.19. The van der Waals surface area contributed by atoms with Gasteiger partial charge in [0.1, 0.15) is 5.82 Å². The number of nitrogens with zero attached hydrogens (tertiary/aromatic N) is 3. The van der Waals surface area contributed by atoms with Crippen LogP contribution in [0.3, 0.4) is 0 Å². The summed E-state index contributed by atoms with van der Waals surface area (Å²) in [5.41, 5.74) is 1.18. The third kappa shape index (κ3) is 7.24. The maximum Gasteiger partial charge on any atom is 0.321 e. The highest BCUT2D eigenvalue weighted by molar-refractivity contribution is 7.13. The molecule has 1 unspecified atom stereocenters. The van der Waals surface area contributed by atoms with Gasteiger partial charge in [0.2, 0.25) is 5.91 Å². The number of urea groups is 1. The second-order valence-electron chi connectivity index (χ2n) is 10.00. The van der Waals surface area contributed by atoms with Crippen LogP contribution in [0.5, 0.6) is 0 Å². The van der Waals surface area contributed by atoms with Crippen molar-refractivity contribution in [3.8, 4) is 0 Å². The van der Waals surface area contributed by atoms with Gasteiger partial charge in [0.15, 0.2) is 5.13 Å². The van der Waals surface area contributed by atoms with E-state index >= 15 is 0 Å². The minimum absolute atomic E-state index is 0.0454. The van der Waals surface area contributed by atoms with Gasteiger partial charge in [0.05, 0.1) is 0 Å². The molecular formula is C26H36FN5O2S. The van der Waals surface area contributed by atoms with Crippen LogP contribution >= 0.6 is 11.3 Å². The van der Waals surface area contributed by atoms with Crippen molar-refractivity contribution in [3.05, 3.63) is 47.2 Å². The molecule has 1 saturated heterocycles. The second kappa shape index (κ2) is 11.9. The molecule has 2 N–H and O–H groups in total. The first kappa shape index (κ1) is 25.6. The second-order valence-corrected chi connectivity index (χ2v) is 10.9. The van der Waals surface area contributed by atoms with E-state index in [-0.39, 0.29) is 35.8 Å². The van der Waals surface area contributed by atoms with Crippen LogP contribution in [0.1, 0.15) is 44.6 Å². The molecule has 4 atom stereocenters. The fraction of sp³-hybridized carbons (Fsp3) is 0.577. The van der Waals surface area contributed by atoms with Crippen molar-refractivity contribution < 1.29 is 14.0 Å². The number of rotatable bonds is 7. The summed E-state index contributed by atoms with van der Waals surface area (Å²) in [6, 6.07) is 6.87.